The molecular formula is C8H17NO3. The second kappa shape index (κ2) is 5.11. The Morgan fingerprint density at radius 1 is 1.67 bits per heavy atom. The normalized spacial score (nSPS) is 15.3. The average Bonchev–Trinajstić information content (AvgIpc) is 1.98. The highest BCUT2D eigenvalue weighted by molar-refractivity contribution is 5.72. The summed E-state index contributed by atoms with van der Waals surface area (Å²) in [7, 11) is 1.58. The van der Waals surface area contributed by atoms with E-state index in [0.717, 1.165) is 0 Å². The summed E-state index contributed by atoms with van der Waals surface area (Å²) in [5, 5.41) is 12.1. The van der Waals surface area contributed by atoms with E-state index in [1.807, 2.05) is 0 Å². The van der Waals surface area contributed by atoms with Gasteiger partial charge in [0.2, 0.25) is 5.91 Å². The largest absolute Gasteiger partial charge is 0.388 e. The van der Waals surface area contributed by atoms with Gasteiger partial charge in [-0.2, -0.15) is 0 Å². The van der Waals surface area contributed by atoms with E-state index < -0.39 is 5.60 Å². The zero-order chi connectivity index (χ0) is 9.61. The average molecular weight is 175 g/mol. The highest BCUT2D eigenvalue weighted by Crippen LogP contribution is 2.06. The molecule has 0 aromatic rings. The minimum atomic E-state index is -0.873. The third kappa shape index (κ3) is 6.12. The van der Waals surface area contributed by atoms with Crippen molar-refractivity contribution in [1.82, 2.24) is 5.32 Å². The lowest BCUT2D eigenvalue weighted by Crippen LogP contribution is -2.40. The monoisotopic (exact) mass is 175 g/mol. The Kier molecular flexibility index (Phi) is 4.85. The number of hydrogen-bond donors (Lipinski definition) is 2. The molecule has 0 spiro atoms. The fourth-order valence-electron chi connectivity index (χ4n) is 0.725. The first-order valence-corrected chi connectivity index (χ1v) is 3.94. The van der Waals surface area contributed by atoms with Crippen molar-refractivity contribution < 1.29 is 14.6 Å². The smallest absolute Gasteiger partial charge is 0.216 e. The van der Waals surface area contributed by atoms with Gasteiger partial charge < -0.3 is 15.2 Å². The highest BCUT2D eigenvalue weighted by Gasteiger charge is 2.19. The Bertz CT molecular complexity index is 145. The number of hydrogen-bond acceptors (Lipinski definition) is 3. The fraction of sp³-hybridized carbons (Fsp3) is 0.875. The Morgan fingerprint density at radius 3 is 2.67 bits per heavy atom. The number of ether oxygens (including phenoxy) is 1. The van der Waals surface area contributed by atoms with Gasteiger partial charge in [-0.25, -0.2) is 0 Å². The van der Waals surface area contributed by atoms with Crippen LogP contribution in [0.25, 0.3) is 0 Å². The van der Waals surface area contributed by atoms with Crippen LogP contribution in [0, 0.1) is 0 Å². The van der Waals surface area contributed by atoms with Crippen LogP contribution in [0.2, 0.25) is 0 Å². The molecule has 0 radical (unpaired) electrons. The number of amides is 1. The van der Waals surface area contributed by atoms with Crippen LogP contribution in [0.1, 0.15) is 20.3 Å². The first kappa shape index (κ1) is 11.4. The summed E-state index contributed by atoms with van der Waals surface area (Å²) in [5.41, 5.74) is -0.873. The molecule has 1 unspecified atom stereocenters. The van der Waals surface area contributed by atoms with Gasteiger partial charge in [0.25, 0.3) is 0 Å². The van der Waals surface area contributed by atoms with Gasteiger partial charge in [0.15, 0.2) is 0 Å². The van der Waals surface area contributed by atoms with E-state index >= 15 is 0 Å². The summed E-state index contributed by atoms with van der Waals surface area (Å²) in [5.74, 6) is -0.132. The minimum Gasteiger partial charge on any atom is -0.388 e. The Hall–Kier alpha value is -0.610. The molecule has 0 saturated carbocycles. The first-order chi connectivity index (χ1) is 5.48. The molecule has 72 valence electrons. The molecule has 0 heterocycles. The molecule has 0 aliphatic heterocycles. The van der Waals surface area contributed by atoms with Gasteiger partial charge in [0.05, 0.1) is 5.60 Å². The van der Waals surface area contributed by atoms with Crippen LogP contribution in [-0.2, 0) is 9.53 Å². The Labute approximate surface area is 72.9 Å². The summed E-state index contributed by atoms with van der Waals surface area (Å²) in [6.07, 6.45) is 0.518. The van der Waals surface area contributed by atoms with Gasteiger partial charge in [0.1, 0.15) is 0 Å². The first-order valence-electron chi connectivity index (χ1n) is 3.94. The summed E-state index contributed by atoms with van der Waals surface area (Å²) >= 11 is 0. The maximum atomic E-state index is 10.5. The standard InChI is InChI=1S/C8H17NO3/c1-7(10)9-6-8(2,11)4-5-12-3/h11H,4-6H2,1-3H3,(H,9,10). The molecule has 0 aliphatic rings. The van der Waals surface area contributed by atoms with E-state index in [1.54, 1.807) is 14.0 Å². The molecule has 0 fully saturated rings. The number of rotatable bonds is 5. The lowest BCUT2D eigenvalue weighted by molar-refractivity contribution is -0.120. The number of aliphatic hydroxyl groups is 1. The molecule has 4 nitrogen and oxygen atoms in total. The van der Waals surface area contributed by atoms with Crippen LogP contribution in [0.5, 0.6) is 0 Å². The van der Waals surface area contributed by atoms with Crippen LogP contribution >= 0.6 is 0 Å². The van der Waals surface area contributed by atoms with Crippen molar-refractivity contribution >= 4 is 5.91 Å². The van der Waals surface area contributed by atoms with Crippen LogP contribution in [0.15, 0.2) is 0 Å². The van der Waals surface area contributed by atoms with Gasteiger partial charge in [-0.05, 0) is 6.92 Å². The topological polar surface area (TPSA) is 58.6 Å². The molecule has 1 amide bonds. The van der Waals surface area contributed by atoms with Gasteiger partial charge >= 0.3 is 0 Å². The molecule has 2 N–H and O–H groups in total. The summed E-state index contributed by atoms with van der Waals surface area (Å²) in [6.45, 7) is 3.85. The third-order valence-corrected chi connectivity index (χ3v) is 1.56. The van der Waals surface area contributed by atoms with Crippen LogP contribution in [-0.4, -0.2) is 36.9 Å². The van der Waals surface area contributed by atoms with Crippen molar-refractivity contribution in [3.05, 3.63) is 0 Å². The highest BCUT2D eigenvalue weighted by atomic mass is 16.5. The van der Waals surface area contributed by atoms with Gasteiger partial charge in [-0.3, -0.25) is 4.79 Å². The molecule has 12 heavy (non-hydrogen) atoms. The van der Waals surface area contributed by atoms with Crippen molar-refractivity contribution in [3.8, 4) is 0 Å². The molecule has 4 heteroatoms. The molecule has 0 aromatic carbocycles. The molecule has 0 rings (SSSR count). The zero-order valence-electron chi connectivity index (χ0n) is 7.89. The molecule has 0 bridgehead atoms. The number of nitrogens with one attached hydrogen (secondary N) is 1. The summed E-state index contributed by atoms with van der Waals surface area (Å²) in [4.78, 5) is 10.5. The number of carbonyl (C=O) groups excluding carboxylic acids is 1. The maximum absolute atomic E-state index is 10.5. The molecule has 0 aromatic heterocycles. The predicted octanol–water partition coefficient (Wildman–Crippen LogP) is -0.0900. The van der Waals surface area contributed by atoms with Crippen LogP contribution in [0.4, 0.5) is 0 Å². The van der Waals surface area contributed by atoms with Crippen LogP contribution in [0.3, 0.4) is 0 Å². The minimum absolute atomic E-state index is 0.132. The van der Waals surface area contributed by atoms with Gasteiger partial charge in [-0.1, -0.05) is 0 Å². The van der Waals surface area contributed by atoms with E-state index in [0.29, 0.717) is 13.0 Å². The number of carbonyl (C=O) groups is 1. The van der Waals surface area contributed by atoms with Crippen molar-refractivity contribution in [2.45, 2.75) is 25.9 Å². The molecule has 0 aliphatic carbocycles. The quantitative estimate of drug-likeness (QED) is 0.614. The van der Waals surface area contributed by atoms with E-state index in [4.69, 9.17) is 4.74 Å². The van der Waals surface area contributed by atoms with Crippen LogP contribution < -0.4 is 5.32 Å². The SMILES string of the molecule is COCCC(C)(O)CNC(C)=O. The van der Waals surface area contributed by atoms with E-state index in [-0.39, 0.29) is 12.5 Å². The lowest BCUT2D eigenvalue weighted by atomic mass is 10.0. The molecule has 0 saturated heterocycles. The van der Waals surface area contributed by atoms with E-state index in [2.05, 4.69) is 5.32 Å². The number of methoxy groups -OCH3 is 1. The lowest BCUT2D eigenvalue weighted by Gasteiger charge is -2.22. The van der Waals surface area contributed by atoms with Crippen molar-refractivity contribution in [1.29, 1.82) is 0 Å². The van der Waals surface area contributed by atoms with Crippen molar-refractivity contribution in [3.63, 3.8) is 0 Å². The third-order valence-electron chi connectivity index (χ3n) is 1.56. The van der Waals surface area contributed by atoms with E-state index in [9.17, 15) is 9.90 Å². The summed E-state index contributed by atoms with van der Waals surface area (Å²) in [6, 6.07) is 0. The van der Waals surface area contributed by atoms with Gasteiger partial charge in [0, 0.05) is 33.6 Å². The van der Waals surface area contributed by atoms with Crippen molar-refractivity contribution in [2.24, 2.45) is 0 Å². The molecule has 1 atom stereocenters. The van der Waals surface area contributed by atoms with E-state index in [1.165, 1.54) is 6.92 Å². The second-order valence-electron chi connectivity index (χ2n) is 3.15. The fourth-order valence-corrected chi connectivity index (χ4v) is 0.725. The second-order valence-corrected chi connectivity index (χ2v) is 3.15. The summed E-state index contributed by atoms with van der Waals surface area (Å²) < 4.78 is 4.81. The Morgan fingerprint density at radius 2 is 2.25 bits per heavy atom. The van der Waals surface area contributed by atoms with Crippen molar-refractivity contribution in [2.75, 3.05) is 20.3 Å². The van der Waals surface area contributed by atoms with Gasteiger partial charge in [-0.15, -0.1) is 0 Å². The maximum Gasteiger partial charge on any atom is 0.216 e. The Balaban J connectivity index is 3.63. The molecular weight excluding hydrogens is 158 g/mol. The zero-order valence-corrected chi connectivity index (χ0v) is 7.89. The predicted molar refractivity (Wildman–Crippen MR) is 45.8 cm³/mol.